The van der Waals surface area contributed by atoms with Crippen LogP contribution in [0.15, 0.2) is 29.6 Å². The van der Waals surface area contributed by atoms with Gasteiger partial charge in [-0.2, -0.15) is 0 Å². The minimum atomic E-state index is -0.981. The lowest BCUT2D eigenvalue weighted by atomic mass is 9.99. The van der Waals surface area contributed by atoms with E-state index >= 15 is 0 Å². The number of fused-ring (bicyclic) bond motifs is 1. The van der Waals surface area contributed by atoms with Gasteiger partial charge in [0.1, 0.15) is 0 Å². The summed E-state index contributed by atoms with van der Waals surface area (Å²) in [4.78, 5) is 14.8. The van der Waals surface area contributed by atoms with Crippen LogP contribution in [0.2, 0.25) is 0 Å². The van der Waals surface area contributed by atoms with Gasteiger partial charge < -0.3 is 15.7 Å². The molecule has 1 unspecified atom stereocenters. The van der Waals surface area contributed by atoms with Gasteiger partial charge in [-0.1, -0.05) is 6.07 Å². The van der Waals surface area contributed by atoms with E-state index in [0.717, 1.165) is 18.7 Å². The molecule has 0 spiro atoms. The lowest BCUT2D eigenvalue weighted by Crippen LogP contribution is -2.33. The summed E-state index contributed by atoms with van der Waals surface area (Å²) in [6, 6.07) is 7.57. The molecule has 1 aliphatic rings. The first-order chi connectivity index (χ1) is 9.59. The van der Waals surface area contributed by atoms with Gasteiger partial charge in [0, 0.05) is 11.4 Å². The average Bonchev–Trinajstić information content (AvgIpc) is 2.89. The molecule has 0 fully saturated rings. The number of benzene rings is 1. The molecule has 0 radical (unpaired) electrons. The van der Waals surface area contributed by atoms with Gasteiger partial charge >= 0.3 is 5.97 Å². The molecule has 0 bridgehead atoms. The van der Waals surface area contributed by atoms with Gasteiger partial charge in [0.15, 0.2) is 0 Å². The van der Waals surface area contributed by atoms with Crippen molar-refractivity contribution >= 4 is 28.7 Å². The SMILES string of the molecule is CC1c2ccsc2CCN1c1cccc(C(=O)O)c1N. The molecule has 0 amide bonds. The Hall–Kier alpha value is -2.01. The van der Waals surface area contributed by atoms with Gasteiger partial charge in [0.25, 0.3) is 0 Å². The third kappa shape index (κ3) is 1.94. The van der Waals surface area contributed by atoms with Crippen LogP contribution in [0.3, 0.4) is 0 Å². The molecule has 2 heterocycles. The average molecular weight is 288 g/mol. The monoisotopic (exact) mass is 288 g/mol. The summed E-state index contributed by atoms with van der Waals surface area (Å²) in [6.07, 6.45) is 0.980. The molecule has 1 aliphatic heterocycles. The van der Waals surface area contributed by atoms with Gasteiger partial charge in [-0.05, 0) is 42.5 Å². The fourth-order valence-electron chi connectivity index (χ4n) is 2.83. The molecular formula is C15H16N2O2S. The van der Waals surface area contributed by atoms with E-state index in [1.165, 1.54) is 10.4 Å². The van der Waals surface area contributed by atoms with Crippen molar-refractivity contribution in [2.24, 2.45) is 0 Å². The number of aromatic carboxylic acids is 1. The highest BCUT2D eigenvalue weighted by Gasteiger charge is 2.27. The van der Waals surface area contributed by atoms with E-state index < -0.39 is 5.97 Å². The Labute approximate surface area is 121 Å². The summed E-state index contributed by atoms with van der Waals surface area (Å²) in [5.41, 5.74) is 8.71. The van der Waals surface area contributed by atoms with Gasteiger partial charge in [0.05, 0.1) is 23.0 Å². The lowest BCUT2D eigenvalue weighted by Gasteiger charge is -2.36. The zero-order chi connectivity index (χ0) is 14.3. The number of hydrogen-bond acceptors (Lipinski definition) is 4. The van der Waals surface area contributed by atoms with Crippen molar-refractivity contribution in [2.75, 3.05) is 17.2 Å². The maximum Gasteiger partial charge on any atom is 0.337 e. The highest BCUT2D eigenvalue weighted by atomic mass is 32.1. The molecule has 3 rings (SSSR count). The van der Waals surface area contributed by atoms with Crippen LogP contribution >= 0.6 is 11.3 Å². The fraction of sp³-hybridized carbons (Fsp3) is 0.267. The smallest absolute Gasteiger partial charge is 0.337 e. The number of carboxylic acids is 1. The molecule has 1 atom stereocenters. The molecule has 4 nitrogen and oxygen atoms in total. The van der Waals surface area contributed by atoms with Crippen molar-refractivity contribution in [3.8, 4) is 0 Å². The standard InChI is InChI=1S/C15H16N2O2S/c1-9-10-6-8-20-13(10)5-7-17(9)12-4-2-3-11(14(12)16)15(18)19/h2-4,6,8-9H,5,7,16H2,1H3,(H,18,19). The van der Waals surface area contributed by atoms with Crippen LogP contribution < -0.4 is 10.6 Å². The third-order valence-corrected chi connectivity index (χ3v) is 4.90. The van der Waals surface area contributed by atoms with E-state index in [4.69, 9.17) is 5.73 Å². The van der Waals surface area contributed by atoms with E-state index in [9.17, 15) is 9.90 Å². The fourth-order valence-corrected chi connectivity index (χ4v) is 3.79. The van der Waals surface area contributed by atoms with Crippen molar-refractivity contribution in [3.05, 3.63) is 45.6 Å². The summed E-state index contributed by atoms with van der Waals surface area (Å²) in [6.45, 7) is 3.00. The van der Waals surface area contributed by atoms with E-state index in [-0.39, 0.29) is 11.6 Å². The number of nitrogens with two attached hydrogens (primary N) is 1. The van der Waals surface area contributed by atoms with Crippen molar-refractivity contribution in [3.63, 3.8) is 0 Å². The maximum absolute atomic E-state index is 11.2. The molecule has 5 heteroatoms. The van der Waals surface area contributed by atoms with E-state index in [1.54, 1.807) is 23.5 Å². The van der Waals surface area contributed by atoms with Crippen molar-refractivity contribution < 1.29 is 9.90 Å². The second-order valence-corrected chi connectivity index (χ2v) is 5.96. The van der Waals surface area contributed by atoms with Crippen LogP contribution in [-0.4, -0.2) is 17.6 Å². The van der Waals surface area contributed by atoms with Gasteiger partial charge in [-0.15, -0.1) is 11.3 Å². The van der Waals surface area contributed by atoms with Crippen LogP contribution in [0, 0.1) is 0 Å². The van der Waals surface area contributed by atoms with Crippen molar-refractivity contribution in [1.82, 2.24) is 0 Å². The Bertz CT molecular complexity index is 666. The van der Waals surface area contributed by atoms with Crippen LogP contribution in [0.5, 0.6) is 0 Å². The summed E-state index contributed by atoms with van der Waals surface area (Å²) < 4.78 is 0. The third-order valence-electron chi connectivity index (χ3n) is 3.90. The quantitative estimate of drug-likeness (QED) is 0.833. The number of carbonyl (C=O) groups is 1. The van der Waals surface area contributed by atoms with E-state index in [0.29, 0.717) is 5.69 Å². The Morgan fingerprint density at radius 2 is 2.25 bits per heavy atom. The molecule has 20 heavy (non-hydrogen) atoms. The Kier molecular flexibility index (Phi) is 3.14. The first-order valence-electron chi connectivity index (χ1n) is 6.54. The van der Waals surface area contributed by atoms with Gasteiger partial charge in [0.2, 0.25) is 0 Å². The van der Waals surface area contributed by atoms with Gasteiger partial charge in [-0.25, -0.2) is 4.79 Å². The number of nitrogens with zero attached hydrogens (tertiary/aromatic N) is 1. The topological polar surface area (TPSA) is 66.6 Å². The number of para-hydroxylation sites is 1. The Morgan fingerprint density at radius 1 is 1.45 bits per heavy atom. The predicted molar refractivity (Wildman–Crippen MR) is 81.6 cm³/mol. The zero-order valence-electron chi connectivity index (χ0n) is 11.2. The predicted octanol–water partition coefficient (Wildman–Crippen LogP) is 3.15. The second kappa shape index (κ2) is 4.83. The Morgan fingerprint density at radius 3 is 3.00 bits per heavy atom. The molecule has 0 saturated heterocycles. The number of thiophene rings is 1. The first-order valence-corrected chi connectivity index (χ1v) is 7.42. The highest BCUT2D eigenvalue weighted by molar-refractivity contribution is 7.10. The molecule has 1 aromatic carbocycles. The Balaban J connectivity index is 2.03. The van der Waals surface area contributed by atoms with Crippen molar-refractivity contribution in [1.29, 1.82) is 0 Å². The number of nitrogen functional groups attached to an aromatic ring is 1. The van der Waals surface area contributed by atoms with Crippen LogP contribution in [0.25, 0.3) is 0 Å². The van der Waals surface area contributed by atoms with Crippen LogP contribution in [0.4, 0.5) is 11.4 Å². The molecule has 0 aliphatic carbocycles. The lowest BCUT2D eigenvalue weighted by molar-refractivity contribution is 0.0698. The maximum atomic E-state index is 11.2. The number of rotatable bonds is 2. The zero-order valence-corrected chi connectivity index (χ0v) is 12.0. The highest BCUT2D eigenvalue weighted by Crippen LogP contribution is 2.38. The first kappa shape index (κ1) is 13.0. The number of carboxylic acid groups (broad SMARTS) is 1. The molecule has 104 valence electrons. The number of hydrogen-bond donors (Lipinski definition) is 2. The largest absolute Gasteiger partial charge is 0.478 e. The summed E-state index contributed by atoms with van der Waals surface area (Å²) in [5.74, 6) is -0.981. The molecule has 1 aromatic heterocycles. The second-order valence-electron chi connectivity index (χ2n) is 4.96. The molecule has 3 N–H and O–H groups in total. The molecular weight excluding hydrogens is 272 g/mol. The summed E-state index contributed by atoms with van der Waals surface area (Å²) in [7, 11) is 0. The van der Waals surface area contributed by atoms with Gasteiger partial charge in [-0.3, -0.25) is 0 Å². The normalized spacial score (nSPS) is 17.9. The van der Waals surface area contributed by atoms with E-state index in [2.05, 4.69) is 23.3 Å². The minimum Gasteiger partial charge on any atom is -0.478 e. The number of anilines is 2. The summed E-state index contributed by atoms with van der Waals surface area (Å²) in [5, 5.41) is 11.3. The molecule has 2 aromatic rings. The van der Waals surface area contributed by atoms with Crippen molar-refractivity contribution in [2.45, 2.75) is 19.4 Å². The van der Waals surface area contributed by atoms with Crippen LogP contribution in [0.1, 0.15) is 33.8 Å². The minimum absolute atomic E-state index is 0.172. The summed E-state index contributed by atoms with van der Waals surface area (Å²) >= 11 is 1.79. The molecule has 0 saturated carbocycles. The van der Waals surface area contributed by atoms with Crippen LogP contribution in [-0.2, 0) is 6.42 Å². The van der Waals surface area contributed by atoms with E-state index in [1.807, 2.05) is 6.07 Å².